The molecule has 0 fully saturated rings. The van der Waals surface area contributed by atoms with Gasteiger partial charge in [0.05, 0.1) is 0 Å². The van der Waals surface area contributed by atoms with Gasteiger partial charge in [-0.1, -0.05) is 102 Å². The molecule has 0 aliphatic heterocycles. The van der Waals surface area contributed by atoms with Gasteiger partial charge in [0.1, 0.15) is 10.6 Å². The average molecular weight is 463 g/mol. The SMILES string of the molecule is CCCCCCCCCCCCCCc1ccc(S(=O)(=O)O)c(Oc2ccccc2)c1O. The first-order chi connectivity index (χ1) is 15.4. The van der Waals surface area contributed by atoms with Crippen LogP contribution in [0.1, 0.15) is 89.5 Å². The molecule has 178 valence electrons. The monoisotopic (exact) mass is 462 g/mol. The fourth-order valence-electron chi connectivity index (χ4n) is 3.86. The van der Waals surface area contributed by atoms with E-state index in [0.717, 1.165) is 19.3 Å². The van der Waals surface area contributed by atoms with Crippen molar-refractivity contribution in [3.05, 3.63) is 48.0 Å². The van der Waals surface area contributed by atoms with E-state index in [9.17, 15) is 18.1 Å². The molecule has 5 nitrogen and oxygen atoms in total. The molecule has 0 aliphatic rings. The Balaban J connectivity index is 1.80. The summed E-state index contributed by atoms with van der Waals surface area (Å²) in [6.45, 7) is 2.24. The lowest BCUT2D eigenvalue weighted by atomic mass is 10.0. The molecule has 2 aromatic carbocycles. The zero-order valence-corrected chi connectivity index (χ0v) is 20.1. The topological polar surface area (TPSA) is 83.8 Å². The number of hydrogen-bond donors (Lipinski definition) is 2. The summed E-state index contributed by atoms with van der Waals surface area (Å²) in [6.07, 6.45) is 15.6. The summed E-state index contributed by atoms with van der Waals surface area (Å²) < 4.78 is 38.7. The second-order valence-electron chi connectivity index (χ2n) is 8.43. The van der Waals surface area contributed by atoms with Gasteiger partial charge in [0.15, 0.2) is 11.5 Å². The van der Waals surface area contributed by atoms with Crippen molar-refractivity contribution >= 4 is 10.1 Å². The third-order valence-electron chi connectivity index (χ3n) is 5.72. The Kier molecular flexibility index (Phi) is 11.6. The Morgan fingerprint density at radius 2 is 1.28 bits per heavy atom. The molecule has 2 rings (SSSR count). The van der Waals surface area contributed by atoms with Crippen molar-refractivity contribution in [2.45, 2.75) is 95.3 Å². The van der Waals surface area contributed by atoms with E-state index < -0.39 is 15.0 Å². The minimum Gasteiger partial charge on any atom is -0.504 e. The van der Waals surface area contributed by atoms with Crippen molar-refractivity contribution in [2.24, 2.45) is 0 Å². The predicted octanol–water partition coefficient (Wildman–Crippen LogP) is 7.67. The average Bonchev–Trinajstić information content (AvgIpc) is 2.76. The summed E-state index contributed by atoms with van der Waals surface area (Å²) in [6, 6.07) is 11.5. The van der Waals surface area contributed by atoms with Crippen LogP contribution >= 0.6 is 0 Å². The standard InChI is InChI=1S/C26H38O5S/c1-2-3-4-5-6-7-8-9-10-11-12-14-17-22-20-21-24(32(28,29)30)26(25(22)27)31-23-18-15-13-16-19-23/h13,15-16,18-21,27H,2-12,14,17H2,1H3,(H,28,29,30). The Morgan fingerprint density at radius 1 is 0.750 bits per heavy atom. The fraction of sp³-hybridized carbons (Fsp3) is 0.538. The largest absolute Gasteiger partial charge is 0.504 e. The molecule has 0 spiro atoms. The molecule has 0 saturated heterocycles. The van der Waals surface area contributed by atoms with Crippen molar-refractivity contribution in [2.75, 3.05) is 0 Å². The fourth-order valence-corrected chi connectivity index (χ4v) is 4.47. The Morgan fingerprint density at radius 3 is 1.81 bits per heavy atom. The highest BCUT2D eigenvalue weighted by atomic mass is 32.2. The van der Waals surface area contributed by atoms with Crippen LogP contribution < -0.4 is 4.74 Å². The molecule has 0 amide bonds. The van der Waals surface area contributed by atoms with Crippen LogP contribution in [0.3, 0.4) is 0 Å². The van der Waals surface area contributed by atoms with Gasteiger partial charge in [0.25, 0.3) is 10.1 Å². The van der Waals surface area contributed by atoms with Gasteiger partial charge in [-0.2, -0.15) is 8.42 Å². The molecule has 0 aromatic heterocycles. The summed E-state index contributed by atoms with van der Waals surface area (Å²) in [5, 5.41) is 10.7. The van der Waals surface area contributed by atoms with E-state index in [4.69, 9.17) is 4.74 Å². The predicted molar refractivity (Wildman–Crippen MR) is 129 cm³/mol. The van der Waals surface area contributed by atoms with Gasteiger partial charge in [-0.3, -0.25) is 4.55 Å². The molecule has 0 bridgehead atoms. The summed E-state index contributed by atoms with van der Waals surface area (Å²) in [4.78, 5) is -0.433. The molecule has 2 aromatic rings. The van der Waals surface area contributed by atoms with E-state index in [1.54, 1.807) is 36.4 Å². The molecular weight excluding hydrogens is 424 g/mol. The molecule has 6 heteroatoms. The van der Waals surface area contributed by atoms with Gasteiger partial charge in [-0.05, 0) is 36.6 Å². The van der Waals surface area contributed by atoms with Crippen LogP contribution in [0.15, 0.2) is 47.4 Å². The maximum atomic E-state index is 11.7. The van der Waals surface area contributed by atoms with Crippen LogP contribution in [0.4, 0.5) is 0 Å². The molecule has 0 saturated carbocycles. The number of rotatable bonds is 16. The number of aromatic hydroxyl groups is 1. The summed E-state index contributed by atoms with van der Waals surface area (Å²) >= 11 is 0. The first-order valence-electron chi connectivity index (χ1n) is 12.0. The quantitative estimate of drug-likeness (QED) is 0.197. The number of hydrogen-bond acceptors (Lipinski definition) is 4. The van der Waals surface area contributed by atoms with Crippen molar-refractivity contribution in [3.8, 4) is 17.2 Å². The second-order valence-corrected chi connectivity index (χ2v) is 9.82. The Hall–Kier alpha value is -2.05. The van der Waals surface area contributed by atoms with E-state index >= 15 is 0 Å². The summed E-state index contributed by atoms with van der Waals surface area (Å²) in [5.74, 6) is -0.0719. The number of benzene rings is 2. The lowest BCUT2D eigenvalue weighted by molar-refractivity contribution is 0.392. The molecule has 0 heterocycles. The van der Waals surface area contributed by atoms with E-state index in [-0.39, 0.29) is 11.5 Å². The Labute approximate surface area is 193 Å². The van der Waals surface area contributed by atoms with Crippen molar-refractivity contribution < 1.29 is 22.8 Å². The molecule has 0 atom stereocenters. The molecule has 2 N–H and O–H groups in total. The molecule has 0 unspecified atom stereocenters. The number of para-hydroxylation sites is 1. The lowest BCUT2D eigenvalue weighted by Gasteiger charge is -2.14. The zero-order chi connectivity index (χ0) is 23.2. The zero-order valence-electron chi connectivity index (χ0n) is 19.3. The van der Waals surface area contributed by atoms with Gasteiger partial charge in [-0.15, -0.1) is 0 Å². The van der Waals surface area contributed by atoms with Gasteiger partial charge < -0.3 is 9.84 Å². The van der Waals surface area contributed by atoms with Gasteiger partial charge in [-0.25, -0.2) is 0 Å². The number of ether oxygens (including phenoxy) is 1. The highest BCUT2D eigenvalue weighted by Crippen LogP contribution is 2.40. The van der Waals surface area contributed by atoms with E-state index in [0.29, 0.717) is 17.7 Å². The van der Waals surface area contributed by atoms with Crippen molar-refractivity contribution in [3.63, 3.8) is 0 Å². The highest BCUT2D eigenvalue weighted by molar-refractivity contribution is 7.86. The third kappa shape index (κ3) is 9.21. The Bertz CT molecular complexity index is 894. The first kappa shape index (κ1) is 26.2. The number of phenols is 1. The van der Waals surface area contributed by atoms with E-state index in [2.05, 4.69) is 6.92 Å². The van der Waals surface area contributed by atoms with Crippen LogP contribution in [0.2, 0.25) is 0 Å². The van der Waals surface area contributed by atoms with Crippen molar-refractivity contribution in [1.82, 2.24) is 0 Å². The maximum absolute atomic E-state index is 11.7. The lowest BCUT2D eigenvalue weighted by Crippen LogP contribution is -2.03. The highest BCUT2D eigenvalue weighted by Gasteiger charge is 2.23. The molecule has 32 heavy (non-hydrogen) atoms. The van der Waals surface area contributed by atoms with Crippen LogP contribution in [0.25, 0.3) is 0 Å². The van der Waals surface area contributed by atoms with E-state index in [1.807, 2.05) is 0 Å². The number of aryl methyl sites for hydroxylation is 1. The minimum atomic E-state index is -4.52. The third-order valence-corrected chi connectivity index (χ3v) is 6.60. The maximum Gasteiger partial charge on any atom is 0.298 e. The van der Waals surface area contributed by atoms with Crippen molar-refractivity contribution in [1.29, 1.82) is 0 Å². The second kappa shape index (κ2) is 14.2. The van der Waals surface area contributed by atoms with Crippen LogP contribution in [-0.2, 0) is 16.5 Å². The van der Waals surface area contributed by atoms with Gasteiger partial charge in [0, 0.05) is 0 Å². The molecule has 0 radical (unpaired) electrons. The van der Waals surface area contributed by atoms with Gasteiger partial charge in [0.2, 0.25) is 0 Å². The van der Waals surface area contributed by atoms with Gasteiger partial charge >= 0.3 is 0 Å². The minimum absolute atomic E-state index is 0.227. The number of phenolic OH excluding ortho intramolecular Hbond substituents is 1. The van der Waals surface area contributed by atoms with E-state index in [1.165, 1.54) is 63.9 Å². The smallest absolute Gasteiger partial charge is 0.298 e. The summed E-state index contributed by atoms with van der Waals surface area (Å²) in [5.41, 5.74) is 0.621. The number of unbranched alkanes of at least 4 members (excludes halogenated alkanes) is 11. The summed E-state index contributed by atoms with van der Waals surface area (Å²) in [7, 11) is -4.52. The van der Waals surface area contributed by atoms with Crippen LogP contribution in [-0.4, -0.2) is 18.1 Å². The normalized spacial score (nSPS) is 11.6. The van der Waals surface area contributed by atoms with Crippen LogP contribution in [0.5, 0.6) is 17.2 Å². The molecule has 0 aliphatic carbocycles. The molecular formula is C26H38O5S. The first-order valence-corrected chi connectivity index (χ1v) is 13.4. The van der Waals surface area contributed by atoms with Crippen LogP contribution in [0, 0.1) is 0 Å².